The summed E-state index contributed by atoms with van der Waals surface area (Å²) in [4.78, 5) is 20.0. The van der Waals surface area contributed by atoms with E-state index in [1.54, 1.807) is 12.0 Å². The molecular formula is C24H28N2O3S. The molecule has 1 fully saturated rings. The van der Waals surface area contributed by atoms with Crippen molar-refractivity contribution in [1.82, 2.24) is 4.90 Å². The van der Waals surface area contributed by atoms with E-state index in [1.807, 2.05) is 62.4 Å². The molecule has 3 rings (SSSR count). The van der Waals surface area contributed by atoms with Crippen molar-refractivity contribution in [2.45, 2.75) is 33.6 Å². The fourth-order valence-electron chi connectivity index (χ4n) is 3.03. The molecule has 30 heavy (non-hydrogen) atoms. The summed E-state index contributed by atoms with van der Waals surface area (Å²) in [5, 5.41) is 0.703. The first-order valence-corrected chi connectivity index (χ1v) is 11.1. The van der Waals surface area contributed by atoms with Gasteiger partial charge in [-0.1, -0.05) is 37.6 Å². The summed E-state index contributed by atoms with van der Waals surface area (Å²) >= 11 is 1.40. The van der Waals surface area contributed by atoms with Crippen molar-refractivity contribution in [2.24, 2.45) is 4.99 Å². The molecule has 0 bridgehead atoms. The minimum atomic E-state index is -0.0305. The van der Waals surface area contributed by atoms with Gasteiger partial charge in [0.05, 0.1) is 24.3 Å². The average Bonchev–Trinajstić information content (AvgIpc) is 3.04. The molecule has 0 atom stereocenters. The zero-order valence-electron chi connectivity index (χ0n) is 18.0. The molecule has 5 nitrogen and oxygen atoms in total. The number of para-hydroxylation sites is 1. The standard InChI is InChI=1S/C24H28N2O3S/c1-5-7-14-29-20-13-12-18(15-21(20)28-4)16-22-23(27)26(6-2)24(30-22)25-19-11-9-8-10-17(19)3/h8-13,15-16H,5-7,14H2,1-4H3/b22-16+,25-24?. The van der Waals surface area contributed by atoms with Gasteiger partial charge in [0.1, 0.15) is 0 Å². The van der Waals surface area contributed by atoms with Crippen LogP contribution in [0.2, 0.25) is 0 Å². The molecule has 0 aliphatic carbocycles. The zero-order valence-corrected chi connectivity index (χ0v) is 18.8. The van der Waals surface area contributed by atoms with Crippen LogP contribution in [0, 0.1) is 6.92 Å². The average molecular weight is 425 g/mol. The van der Waals surface area contributed by atoms with E-state index in [-0.39, 0.29) is 5.91 Å². The van der Waals surface area contributed by atoms with Crippen LogP contribution in [0.4, 0.5) is 5.69 Å². The van der Waals surface area contributed by atoms with Gasteiger partial charge in [0.15, 0.2) is 16.7 Å². The highest BCUT2D eigenvalue weighted by Gasteiger charge is 2.32. The first-order valence-electron chi connectivity index (χ1n) is 10.2. The van der Waals surface area contributed by atoms with Crippen molar-refractivity contribution in [3.63, 3.8) is 0 Å². The molecule has 0 aromatic heterocycles. The molecule has 0 N–H and O–H groups in total. The summed E-state index contributed by atoms with van der Waals surface area (Å²) in [5.74, 6) is 1.35. The van der Waals surface area contributed by atoms with Crippen LogP contribution < -0.4 is 9.47 Å². The molecule has 1 aliphatic rings. The number of benzene rings is 2. The number of carbonyl (C=O) groups excluding carboxylic acids is 1. The monoisotopic (exact) mass is 424 g/mol. The Morgan fingerprint density at radius 2 is 1.93 bits per heavy atom. The first-order chi connectivity index (χ1) is 14.6. The number of thioether (sulfide) groups is 1. The third-order valence-electron chi connectivity index (χ3n) is 4.78. The predicted molar refractivity (Wildman–Crippen MR) is 125 cm³/mol. The Bertz CT molecular complexity index is 969. The molecule has 2 aromatic carbocycles. The second kappa shape index (κ2) is 10.3. The summed E-state index contributed by atoms with van der Waals surface area (Å²) in [6, 6.07) is 13.7. The topological polar surface area (TPSA) is 51.1 Å². The van der Waals surface area contributed by atoms with Crippen molar-refractivity contribution in [1.29, 1.82) is 0 Å². The molecule has 0 spiro atoms. The van der Waals surface area contributed by atoms with Gasteiger partial charge in [0.2, 0.25) is 0 Å². The van der Waals surface area contributed by atoms with Crippen LogP contribution in [0.5, 0.6) is 11.5 Å². The van der Waals surface area contributed by atoms with Crippen molar-refractivity contribution < 1.29 is 14.3 Å². The van der Waals surface area contributed by atoms with Crippen molar-refractivity contribution in [3.05, 3.63) is 58.5 Å². The number of hydrogen-bond donors (Lipinski definition) is 0. The summed E-state index contributed by atoms with van der Waals surface area (Å²) < 4.78 is 11.3. The van der Waals surface area contributed by atoms with Crippen LogP contribution in [-0.4, -0.2) is 36.2 Å². The number of rotatable bonds is 8. The smallest absolute Gasteiger partial charge is 0.266 e. The van der Waals surface area contributed by atoms with Crippen LogP contribution in [-0.2, 0) is 4.79 Å². The largest absolute Gasteiger partial charge is 0.493 e. The quantitative estimate of drug-likeness (QED) is 0.397. The molecule has 158 valence electrons. The lowest BCUT2D eigenvalue weighted by atomic mass is 10.2. The van der Waals surface area contributed by atoms with E-state index >= 15 is 0 Å². The van der Waals surface area contributed by atoms with Crippen molar-refractivity contribution in [2.75, 3.05) is 20.3 Å². The number of amides is 1. The molecule has 0 saturated carbocycles. The number of likely N-dealkylation sites (N-methyl/N-ethyl adjacent to an activating group) is 1. The highest BCUT2D eigenvalue weighted by Crippen LogP contribution is 2.36. The number of nitrogens with zero attached hydrogens (tertiary/aromatic N) is 2. The molecule has 1 aliphatic heterocycles. The van der Waals surface area contributed by atoms with Gasteiger partial charge in [-0.2, -0.15) is 0 Å². The molecular weight excluding hydrogens is 396 g/mol. The van der Waals surface area contributed by atoms with E-state index < -0.39 is 0 Å². The van der Waals surface area contributed by atoms with E-state index in [4.69, 9.17) is 14.5 Å². The van der Waals surface area contributed by atoms with E-state index in [9.17, 15) is 4.79 Å². The lowest BCUT2D eigenvalue weighted by Gasteiger charge is -2.12. The highest BCUT2D eigenvalue weighted by atomic mass is 32.2. The van der Waals surface area contributed by atoms with Gasteiger partial charge < -0.3 is 9.47 Å². The first kappa shape index (κ1) is 22.0. The van der Waals surface area contributed by atoms with Crippen LogP contribution in [0.1, 0.15) is 37.8 Å². The number of amidine groups is 1. The van der Waals surface area contributed by atoms with Crippen LogP contribution in [0.3, 0.4) is 0 Å². The summed E-state index contributed by atoms with van der Waals surface area (Å²) in [7, 11) is 1.63. The lowest BCUT2D eigenvalue weighted by Crippen LogP contribution is -2.28. The molecule has 6 heteroatoms. The second-order valence-electron chi connectivity index (χ2n) is 6.95. The third kappa shape index (κ3) is 5.05. The van der Waals surface area contributed by atoms with E-state index in [2.05, 4.69) is 6.92 Å². The number of hydrogen-bond acceptors (Lipinski definition) is 5. The van der Waals surface area contributed by atoms with Gasteiger partial charge in [-0.3, -0.25) is 9.69 Å². The second-order valence-corrected chi connectivity index (χ2v) is 7.96. The maximum atomic E-state index is 12.9. The number of ether oxygens (including phenoxy) is 2. The van der Waals surface area contributed by atoms with E-state index in [0.29, 0.717) is 29.0 Å². The number of methoxy groups -OCH3 is 1. The van der Waals surface area contributed by atoms with Crippen LogP contribution in [0.25, 0.3) is 6.08 Å². The minimum absolute atomic E-state index is 0.0305. The maximum Gasteiger partial charge on any atom is 0.266 e. The van der Waals surface area contributed by atoms with E-state index in [1.165, 1.54) is 11.8 Å². The molecule has 1 heterocycles. The van der Waals surface area contributed by atoms with Crippen molar-refractivity contribution >= 4 is 34.6 Å². The fourth-order valence-corrected chi connectivity index (χ4v) is 4.09. The Morgan fingerprint density at radius 3 is 2.63 bits per heavy atom. The van der Waals surface area contributed by atoms with Gasteiger partial charge in [-0.05, 0) is 67.4 Å². The van der Waals surface area contributed by atoms with Gasteiger partial charge in [0.25, 0.3) is 5.91 Å². The van der Waals surface area contributed by atoms with Gasteiger partial charge in [-0.25, -0.2) is 4.99 Å². The molecule has 2 aromatic rings. The third-order valence-corrected chi connectivity index (χ3v) is 5.78. The molecule has 0 radical (unpaired) electrons. The fraction of sp³-hybridized carbons (Fsp3) is 0.333. The Balaban J connectivity index is 1.86. The van der Waals surface area contributed by atoms with Crippen LogP contribution >= 0.6 is 11.8 Å². The number of carbonyl (C=O) groups is 1. The van der Waals surface area contributed by atoms with Gasteiger partial charge >= 0.3 is 0 Å². The Kier molecular flexibility index (Phi) is 7.57. The number of aryl methyl sites for hydroxylation is 1. The minimum Gasteiger partial charge on any atom is -0.493 e. The van der Waals surface area contributed by atoms with E-state index in [0.717, 1.165) is 35.4 Å². The van der Waals surface area contributed by atoms with Gasteiger partial charge in [-0.15, -0.1) is 0 Å². The van der Waals surface area contributed by atoms with Gasteiger partial charge in [0, 0.05) is 6.54 Å². The molecule has 1 saturated heterocycles. The molecule has 0 unspecified atom stereocenters. The summed E-state index contributed by atoms with van der Waals surface area (Å²) in [5.41, 5.74) is 2.84. The number of unbranched alkanes of at least 4 members (excludes halogenated alkanes) is 1. The zero-order chi connectivity index (χ0) is 21.5. The molecule has 1 amide bonds. The number of aliphatic imine (C=N–C) groups is 1. The summed E-state index contributed by atoms with van der Waals surface area (Å²) in [6.07, 6.45) is 3.95. The predicted octanol–water partition coefficient (Wildman–Crippen LogP) is 5.81. The Labute approximate surface area is 182 Å². The SMILES string of the molecule is CCCCOc1ccc(/C=C2/SC(=Nc3ccccc3C)N(CC)C2=O)cc1OC. The van der Waals surface area contributed by atoms with Crippen LogP contribution in [0.15, 0.2) is 52.4 Å². The highest BCUT2D eigenvalue weighted by molar-refractivity contribution is 8.18. The Morgan fingerprint density at radius 1 is 1.13 bits per heavy atom. The van der Waals surface area contributed by atoms with Crippen molar-refractivity contribution in [3.8, 4) is 11.5 Å². The Hall–Kier alpha value is -2.73. The normalized spacial score (nSPS) is 16.5. The summed E-state index contributed by atoms with van der Waals surface area (Å²) in [6.45, 7) is 7.33. The maximum absolute atomic E-state index is 12.9. The lowest BCUT2D eigenvalue weighted by molar-refractivity contribution is -0.122.